The third kappa shape index (κ3) is 2.44. The minimum atomic E-state index is -1.07. The number of carboxylic acid groups (broad SMARTS) is 1. The first kappa shape index (κ1) is 11.2. The Hall–Kier alpha value is -1.30. The molecule has 0 saturated carbocycles. The Labute approximate surface area is 93.6 Å². The maximum atomic E-state index is 11.4. The summed E-state index contributed by atoms with van der Waals surface area (Å²) in [6, 6.07) is 0. The van der Waals surface area contributed by atoms with Gasteiger partial charge in [-0.25, -0.2) is 9.59 Å². The number of cyclic esters (lactones) is 1. The van der Waals surface area contributed by atoms with Crippen LogP contribution < -0.4 is 5.32 Å². The number of hydrogen-bond acceptors (Lipinski definition) is 4. The van der Waals surface area contributed by atoms with Crippen LogP contribution >= 0.6 is 0 Å². The zero-order chi connectivity index (χ0) is 11.5. The molecule has 2 aliphatic rings. The topological polar surface area (TPSA) is 78.9 Å². The molecule has 16 heavy (non-hydrogen) atoms. The predicted molar refractivity (Wildman–Crippen MR) is 55.1 cm³/mol. The molecule has 2 heterocycles. The molecule has 2 saturated heterocycles. The van der Waals surface area contributed by atoms with Gasteiger partial charge in [0.25, 0.3) is 0 Å². The van der Waals surface area contributed by atoms with Crippen LogP contribution in [0.4, 0.5) is 4.79 Å². The maximum absolute atomic E-state index is 11.4. The van der Waals surface area contributed by atoms with Gasteiger partial charge in [-0.05, 0) is 31.8 Å². The van der Waals surface area contributed by atoms with Crippen molar-refractivity contribution in [2.24, 2.45) is 5.92 Å². The average molecular weight is 228 g/mol. The standard InChI is InChI=1S/C10H16N2O4/c13-9(14)8-6-12(10(15)16-8)5-7-1-3-11-4-2-7/h7-8,11H,1-6H2,(H,13,14)/t8-/m1/s1. The van der Waals surface area contributed by atoms with E-state index in [0.29, 0.717) is 12.5 Å². The number of amides is 1. The van der Waals surface area contributed by atoms with Crippen LogP contribution in [0.2, 0.25) is 0 Å². The van der Waals surface area contributed by atoms with Crippen molar-refractivity contribution in [2.45, 2.75) is 18.9 Å². The van der Waals surface area contributed by atoms with Crippen LogP contribution in [0.1, 0.15) is 12.8 Å². The number of carbonyl (C=O) groups is 2. The number of aliphatic carboxylic acids is 1. The second-order valence-corrected chi connectivity index (χ2v) is 4.31. The minimum absolute atomic E-state index is 0.179. The van der Waals surface area contributed by atoms with Crippen molar-refractivity contribution < 1.29 is 19.4 Å². The number of rotatable bonds is 3. The van der Waals surface area contributed by atoms with E-state index in [-0.39, 0.29) is 6.54 Å². The lowest BCUT2D eigenvalue weighted by Gasteiger charge is -2.25. The molecule has 0 aromatic carbocycles. The first-order valence-corrected chi connectivity index (χ1v) is 5.56. The van der Waals surface area contributed by atoms with Gasteiger partial charge in [-0.15, -0.1) is 0 Å². The predicted octanol–water partition coefficient (Wildman–Crippen LogP) is -0.109. The largest absolute Gasteiger partial charge is 0.478 e. The highest BCUT2D eigenvalue weighted by molar-refractivity contribution is 5.81. The van der Waals surface area contributed by atoms with Gasteiger partial charge in [0.1, 0.15) is 0 Å². The summed E-state index contributed by atoms with van der Waals surface area (Å²) in [5.74, 6) is -0.609. The van der Waals surface area contributed by atoms with Gasteiger partial charge in [0.2, 0.25) is 6.10 Å². The van der Waals surface area contributed by atoms with Crippen molar-refractivity contribution in [3.63, 3.8) is 0 Å². The first-order chi connectivity index (χ1) is 7.66. The molecule has 2 fully saturated rings. The molecule has 2 N–H and O–H groups in total. The van der Waals surface area contributed by atoms with Crippen molar-refractivity contribution >= 4 is 12.1 Å². The van der Waals surface area contributed by atoms with Gasteiger partial charge in [0.05, 0.1) is 6.54 Å². The van der Waals surface area contributed by atoms with Gasteiger partial charge in [0.15, 0.2) is 0 Å². The Balaban J connectivity index is 1.85. The number of carbonyl (C=O) groups excluding carboxylic acids is 1. The molecule has 2 rings (SSSR count). The van der Waals surface area contributed by atoms with Gasteiger partial charge < -0.3 is 20.1 Å². The number of nitrogens with zero attached hydrogens (tertiary/aromatic N) is 1. The Morgan fingerprint density at radius 2 is 2.19 bits per heavy atom. The molecule has 2 aliphatic heterocycles. The maximum Gasteiger partial charge on any atom is 0.410 e. The molecule has 90 valence electrons. The zero-order valence-electron chi connectivity index (χ0n) is 9.02. The molecule has 0 unspecified atom stereocenters. The van der Waals surface area contributed by atoms with Crippen LogP contribution in [-0.4, -0.2) is 54.4 Å². The number of piperidine rings is 1. The van der Waals surface area contributed by atoms with Crippen LogP contribution in [-0.2, 0) is 9.53 Å². The van der Waals surface area contributed by atoms with Crippen molar-refractivity contribution in [2.75, 3.05) is 26.2 Å². The number of nitrogens with one attached hydrogen (secondary N) is 1. The van der Waals surface area contributed by atoms with Crippen LogP contribution in [0.25, 0.3) is 0 Å². The normalized spacial score (nSPS) is 26.9. The van der Waals surface area contributed by atoms with E-state index in [1.54, 1.807) is 0 Å². The molecule has 6 heteroatoms. The van der Waals surface area contributed by atoms with Gasteiger partial charge in [-0.2, -0.15) is 0 Å². The van der Waals surface area contributed by atoms with E-state index in [2.05, 4.69) is 5.32 Å². The average Bonchev–Trinajstić information content (AvgIpc) is 2.62. The van der Waals surface area contributed by atoms with Crippen LogP contribution in [0.15, 0.2) is 0 Å². The van der Waals surface area contributed by atoms with E-state index in [1.165, 1.54) is 4.90 Å². The summed E-state index contributed by atoms with van der Waals surface area (Å²) in [6.45, 7) is 2.73. The highest BCUT2D eigenvalue weighted by Crippen LogP contribution is 2.18. The Bertz CT molecular complexity index is 289. The van der Waals surface area contributed by atoms with Crippen LogP contribution in [0.5, 0.6) is 0 Å². The van der Waals surface area contributed by atoms with Crippen molar-refractivity contribution in [1.82, 2.24) is 10.2 Å². The third-order valence-electron chi connectivity index (χ3n) is 3.10. The molecule has 0 bridgehead atoms. The van der Waals surface area contributed by atoms with E-state index in [1.807, 2.05) is 0 Å². The zero-order valence-corrected chi connectivity index (χ0v) is 9.02. The van der Waals surface area contributed by atoms with Crippen molar-refractivity contribution in [3.8, 4) is 0 Å². The lowest BCUT2D eigenvalue weighted by atomic mass is 9.98. The van der Waals surface area contributed by atoms with Crippen molar-refractivity contribution in [3.05, 3.63) is 0 Å². The summed E-state index contributed by atoms with van der Waals surface area (Å²) in [6.07, 6.45) is 0.573. The smallest absolute Gasteiger partial charge is 0.410 e. The van der Waals surface area contributed by atoms with Crippen molar-refractivity contribution in [1.29, 1.82) is 0 Å². The number of carboxylic acids is 1. The summed E-state index contributed by atoms with van der Waals surface area (Å²) in [5, 5.41) is 12.0. The fourth-order valence-electron chi connectivity index (χ4n) is 2.16. The SMILES string of the molecule is O=C(O)[C@H]1CN(CC2CCNCC2)C(=O)O1. The highest BCUT2D eigenvalue weighted by atomic mass is 16.6. The van der Waals surface area contributed by atoms with Crippen LogP contribution in [0.3, 0.4) is 0 Å². The van der Waals surface area contributed by atoms with Gasteiger partial charge >= 0.3 is 12.1 Å². The van der Waals surface area contributed by atoms with Gasteiger partial charge in [-0.3, -0.25) is 0 Å². The molecule has 1 atom stereocenters. The van der Waals surface area contributed by atoms with E-state index in [0.717, 1.165) is 25.9 Å². The van der Waals surface area contributed by atoms with Crippen LogP contribution in [0, 0.1) is 5.92 Å². The number of ether oxygens (including phenoxy) is 1. The van der Waals surface area contributed by atoms with E-state index in [9.17, 15) is 9.59 Å². The van der Waals surface area contributed by atoms with E-state index < -0.39 is 18.2 Å². The fourth-order valence-corrected chi connectivity index (χ4v) is 2.16. The van der Waals surface area contributed by atoms with E-state index in [4.69, 9.17) is 9.84 Å². The third-order valence-corrected chi connectivity index (χ3v) is 3.10. The second-order valence-electron chi connectivity index (χ2n) is 4.31. The molecule has 0 spiro atoms. The summed E-state index contributed by atoms with van der Waals surface area (Å²) < 4.78 is 4.75. The lowest BCUT2D eigenvalue weighted by molar-refractivity contribution is -0.144. The molecule has 0 aliphatic carbocycles. The molecular formula is C10H16N2O4. The lowest BCUT2D eigenvalue weighted by Crippen LogP contribution is -2.37. The fraction of sp³-hybridized carbons (Fsp3) is 0.800. The first-order valence-electron chi connectivity index (χ1n) is 5.56. The number of hydrogen-bond donors (Lipinski definition) is 2. The molecule has 0 aromatic heterocycles. The highest BCUT2D eigenvalue weighted by Gasteiger charge is 2.36. The summed E-state index contributed by atoms with van der Waals surface area (Å²) >= 11 is 0. The second kappa shape index (κ2) is 4.69. The summed E-state index contributed by atoms with van der Waals surface area (Å²) in [5.41, 5.74) is 0. The molecule has 0 aromatic rings. The van der Waals surface area contributed by atoms with Gasteiger partial charge in [-0.1, -0.05) is 0 Å². The summed E-state index contributed by atoms with van der Waals surface area (Å²) in [4.78, 5) is 23.6. The summed E-state index contributed by atoms with van der Waals surface area (Å²) in [7, 11) is 0. The Morgan fingerprint density at radius 1 is 1.50 bits per heavy atom. The molecule has 1 amide bonds. The minimum Gasteiger partial charge on any atom is -0.478 e. The monoisotopic (exact) mass is 228 g/mol. The molecule has 6 nitrogen and oxygen atoms in total. The quantitative estimate of drug-likeness (QED) is 0.704. The Kier molecular flexibility index (Phi) is 3.28. The van der Waals surface area contributed by atoms with E-state index >= 15 is 0 Å². The molecule has 0 radical (unpaired) electrons. The Morgan fingerprint density at radius 3 is 2.75 bits per heavy atom. The molecular weight excluding hydrogens is 212 g/mol. The van der Waals surface area contributed by atoms with Gasteiger partial charge in [0, 0.05) is 6.54 Å².